The molecule has 0 spiro atoms. The van der Waals surface area contributed by atoms with E-state index < -0.39 is 0 Å². The van der Waals surface area contributed by atoms with Crippen LogP contribution in [0.25, 0.3) is 0 Å². The van der Waals surface area contributed by atoms with Crippen LogP contribution in [0, 0.1) is 0 Å². The Labute approximate surface area is 101 Å². The van der Waals surface area contributed by atoms with Crippen LogP contribution in [0.2, 0.25) is 0 Å². The molecular formula is C12H18N2O3. The van der Waals surface area contributed by atoms with Crippen LogP contribution >= 0.6 is 0 Å². The lowest BCUT2D eigenvalue weighted by Gasteiger charge is -2.21. The van der Waals surface area contributed by atoms with Gasteiger partial charge in [0.15, 0.2) is 0 Å². The van der Waals surface area contributed by atoms with Gasteiger partial charge >= 0.3 is 6.09 Å². The van der Waals surface area contributed by atoms with Crippen molar-refractivity contribution in [3.05, 3.63) is 12.7 Å². The van der Waals surface area contributed by atoms with Gasteiger partial charge in [0.2, 0.25) is 5.91 Å². The van der Waals surface area contributed by atoms with Gasteiger partial charge in [-0.1, -0.05) is 6.08 Å². The van der Waals surface area contributed by atoms with Crippen LogP contribution in [0.5, 0.6) is 0 Å². The molecule has 0 aliphatic carbocycles. The summed E-state index contributed by atoms with van der Waals surface area (Å²) in [5, 5.41) is 0. The lowest BCUT2D eigenvalue weighted by atomic mass is 10.2. The summed E-state index contributed by atoms with van der Waals surface area (Å²) in [6.45, 7) is 6.11. The average Bonchev–Trinajstić information content (AvgIpc) is 2.93. The van der Waals surface area contributed by atoms with E-state index in [0.29, 0.717) is 32.5 Å². The number of carbonyl (C=O) groups excluding carboxylic acids is 2. The van der Waals surface area contributed by atoms with Crippen molar-refractivity contribution in [3.63, 3.8) is 0 Å². The normalized spacial score (nSPS) is 24.0. The van der Waals surface area contributed by atoms with Crippen LogP contribution in [0.15, 0.2) is 12.7 Å². The maximum atomic E-state index is 11.8. The van der Waals surface area contributed by atoms with Crippen molar-refractivity contribution in [2.24, 2.45) is 0 Å². The largest absolute Gasteiger partial charge is 0.448 e. The Kier molecular flexibility index (Phi) is 3.66. The number of likely N-dealkylation sites (tertiary alicyclic amines) is 1. The van der Waals surface area contributed by atoms with Gasteiger partial charge in [0, 0.05) is 19.5 Å². The maximum Gasteiger partial charge on any atom is 0.410 e. The molecule has 0 N–H and O–H groups in total. The molecule has 2 aliphatic rings. The third-order valence-corrected chi connectivity index (χ3v) is 3.31. The highest BCUT2D eigenvalue weighted by atomic mass is 16.6. The topological polar surface area (TPSA) is 49.9 Å². The van der Waals surface area contributed by atoms with Gasteiger partial charge in [-0.3, -0.25) is 9.69 Å². The van der Waals surface area contributed by atoms with Crippen molar-refractivity contribution in [1.29, 1.82) is 0 Å². The molecule has 0 saturated carbocycles. The number of ether oxygens (including phenoxy) is 1. The fourth-order valence-electron chi connectivity index (χ4n) is 2.34. The number of cyclic esters (lactones) is 1. The van der Waals surface area contributed by atoms with E-state index in [-0.39, 0.29) is 18.0 Å². The molecule has 5 heteroatoms. The Morgan fingerprint density at radius 3 is 3.00 bits per heavy atom. The van der Waals surface area contributed by atoms with Gasteiger partial charge in [0.1, 0.15) is 6.61 Å². The Bertz CT molecular complexity index is 330. The summed E-state index contributed by atoms with van der Waals surface area (Å²) < 4.78 is 4.91. The Balaban J connectivity index is 1.84. The van der Waals surface area contributed by atoms with E-state index in [0.717, 1.165) is 13.0 Å². The summed E-state index contributed by atoms with van der Waals surface area (Å²) in [5.41, 5.74) is 0. The van der Waals surface area contributed by atoms with E-state index in [1.807, 2.05) is 4.90 Å². The van der Waals surface area contributed by atoms with Crippen LogP contribution in [-0.4, -0.2) is 54.1 Å². The lowest BCUT2D eigenvalue weighted by molar-refractivity contribution is -0.130. The zero-order valence-electron chi connectivity index (χ0n) is 9.93. The molecule has 0 aromatic heterocycles. The third kappa shape index (κ3) is 2.60. The first-order chi connectivity index (χ1) is 8.22. The van der Waals surface area contributed by atoms with Crippen molar-refractivity contribution in [1.82, 2.24) is 9.80 Å². The molecule has 2 fully saturated rings. The molecule has 2 saturated heterocycles. The highest BCUT2D eigenvalue weighted by Crippen LogP contribution is 2.19. The monoisotopic (exact) mass is 238 g/mol. The van der Waals surface area contributed by atoms with E-state index in [1.165, 1.54) is 0 Å². The van der Waals surface area contributed by atoms with E-state index >= 15 is 0 Å². The molecule has 5 nitrogen and oxygen atoms in total. The SMILES string of the molecule is C=CCCC(=O)N1CCC(N2CCOC2=O)C1. The van der Waals surface area contributed by atoms with Gasteiger partial charge in [0.25, 0.3) is 0 Å². The lowest BCUT2D eigenvalue weighted by Crippen LogP contribution is -2.39. The molecule has 0 aromatic rings. The number of allylic oxidation sites excluding steroid dienone is 1. The Morgan fingerprint density at radius 2 is 2.35 bits per heavy atom. The van der Waals surface area contributed by atoms with Crippen LogP contribution in [-0.2, 0) is 9.53 Å². The number of rotatable bonds is 4. The average molecular weight is 238 g/mol. The molecule has 0 radical (unpaired) electrons. The molecule has 1 unspecified atom stereocenters. The van der Waals surface area contributed by atoms with E-state index in [4.69, 9.17) is 4.74 Å². The molecule has 1 atom stereocenters. The predicted molar refractivity (Wildman–Crippen MR) is 62.5 cm³/mol. The van der Waals surface area contributed by atoms with Crippen molar-refractivity contribution in [2.45, 2.75) is 25.3 Å². The van der Waals surface area contributed by atoms with Crippen LogP contribution in [0.1, 0.15) is 19.3 Å². The van der Waals surface area contributed by atoms with Crippen molar-refractivity contribution >= 4 is 12.0 Å². The number of hydrogen-bond donors (Lipinski definition) is 0. The fourth-order valence-corrected chi connectivity index (χ4v) is 2.34. The minimum Gasteiger partial charge on any atom is -0.448 e. The first-order valence-corrected chi connectivity index (χ1v) is 6.04. The zero-order chi connectivity index (χ0) is 12.3. The molecule has 17 heavy (non-hydrogen) atoms. The fraction of sp³-hybridized carbons (Fsp3) is 0.667. The number of nitrogens with zero attached hydrogens (tertiary/aromatic N) is 2. The highest BCUT2D eigenvalue weighted by molar-refractivity contribution is 5.77. The first-order valence-electron chi connectivity index (χ1n) is 6.04. The first kappa shape index (κ1) is 12.0. The molecule has 2 amide bonds. The maximum absolute atomic E-state index is 11.8. The van der Waals surface area contributed by atoms with Gasteiger partial charge in [0.05, 0.1) is 12.6 Å². The summed E-state index contributed by atoms with van der Waals surface area (Å²) in [6.07, 6.45) is 3.60. The van der Waals surface area contributed by atoms with Crippen molar-refractivity contribution in [3.8, 4) is 0 Å². The summed E-state index contributed by atoms with van der Waals surface area (Å²) in [5.74, 6) is 0.153. The van der Waals surface area contributed by atoms with Crippen molar-refractivity contribution < 1.29 is 14.3 Å². The predicted octanol–water partition coefficient (Wildman–Crippen LogP) is 1.01. The van der Waals surface area contributed by atoms with Crippen LogP contribution in [0.4, 0.5) is 4.79 Å². The summed E-state index contributed by atoms with van der Waals surface area (Å²) in [7, 11) is 0. The molecule has 2 heterocycles. The smallest absolute Gasteiger partial charge is 0.410 e. The quantitative estimate of drug-likeness (QED) is 0.687. The molecule has 0 aromatic carbocycles. The van der Waals surface area contributed by atoms with Crippen molar-refractivity contribution in [2.75, 3.05) is 26.2 Å². The van der Waals surface area contributed by atoms with Gasteiger partial charge in [-0.15, -0.1) is 6.58 Å². The number of amides is 2. The highest BCUT2D eigenvalue weighted by Gasteiger charge is 2.35. The van der Waals surface area contributed by atoms with E-state index in [2.05, 4.69) is 6.58 Å². The zero-order valence-corrected chi connectivity index (χ0v) is 9.93. The van der Waals surface area contributed by atoms with E-state index in [1.54, 1.807) is 11.0 Å². The number of hydrogen-bond acceptors (Lipinski definition) is 3. The van der Waals surface area contributed by atoms with Gasteiger partial charge in [-0.05, 0) is 12.8 Å². The van der Waals surface area contributed by atoms with Gasteiger partial charge in [-0.25, -0.2) is 4.79 Å². The van der Waals surface area contributed by atoms with Gasteiger partial charge in [-0.2, -0.15) is 0 Å². The second-order valence-electron chi connectivity index (χ2n) is 4.42. The minimum absolute atomic E-state index is 0.137. The molecule has 2 aliphatic heterocycles. The van der Waals surface area contributed by atoms with Gasteiger partial charge < -0.3 is 9.64 Å². The molecule has 2 rings (SSSR count). The minimum atomic E-state index is -0.240. The summed E-state index contributed by atoms with van der Waals surface area (Å²) >= 11 is 0. The summed E-state index contributed by atoms with van der Waals surface area (Å²) in [6, 6.07) is 0.137. The Morgan fingerprint density at radius 1 is 1.53 bits per heavy atom. The Hall–Kier alpha value is -1.52. The van der Waals surface area contributed by atoms with Crippen LogP contribution in [0.3, 0.4) is 0 Å². The second-order valence-corrected chi connectivity index (χ2v) is 4.42. The summed E-state index contributed by atoms with van der Waals surface area (Å²) in [4.78, 5) is 26.8. The second kappa shape index (κ2) is 5.21. The molecule has 94 valence electrons. The third-order valence-electron chi connectivity index (χ3n) is 3.31. The van der Waals surface area contributed by atoms with Crippen LogP contribution < -0.4 is 0 Å². The molecule has 0 bridgehead atoms. The number of carbonyl (C=O) groups is 2. The van der Waals surface area contributed by atoms with E-state index in [9.17, 15) is 9.59 Å². The molecular weight excluding hydrogens is 220 g/mol. The standard InChI is InChI=1S/C12H18N2O3/c1-2-3-4-11(15)13-6-5-10(9-13)14-7-8-17-12(14)16/h2,10H,1,3-9H2.